The van der Waals surface area contributed by atoms with Crippen molar-refractivity contribution in [1.82, 2.24) is 16.0 Å². The maximum Gasteiger partial charge on any atom is 0.287 e. The van der Waals surface area contributed by atoms with Gasteiger partial charge in [0.05, 0.1) is 13.4 Å². The molecule has 0 aliphatic rings. The molecular formula is C19H27IN4O3. The van der Waals surface area contributed by atoms with E-state index in [9.17, 15) is 4.79 Å². The molecule has 0 unspecified atom stereocenters. The van der Waals surface area contributed by atoms with E-state index in [0.29, 0.717) is 25.4 Å². The van der Waals surface area contributed by atoms with Crippen LogP contribution < -0.4 is 20.7 Å². The molecule has 0 aliphatic carbocycles. The molecule has 0 fully saturated rings. The van der Waals surface area contributed by atoms with Crippen LogP contribution in [0.4, 0.5) is 0 Å². The molecule has 8 heteroatoms. The number of amides is 1. The van der Waals surface area contributed by atoms with Crippen molar-refractivity contribution in [1.29, 1.82) is 0 Å². The zero-order valence-electron chi connectivity index (χ0n) is 15.7. The number of furan rings is 1. The van der Waals surface area contributed by atoms with E-state index in [4.69, 9.17) is 9.15 Å². The van der Waals surface area contributed by atoms with Crippen LogP contribution in [0.1, 0.15) is 23.0 Å². The van der Waals surface area contributed by atoms with Crippen molar-refractivity contribution in [3.63, 3.8) is 0 Å². The van der Waals surface area contributed by atoms with E-state index in [1.807, 2.05) is 31.2 Å². The predicted octanol–water partition coefficient (Wildman–Crippen LogP) is 2.43. The normalized spacial score (nSPS) is 10.7. The minimum atomic E-state index is -0.224. The van der Waals surface area contributed by atoms with Gasteiger partial charge in [0.1, 0.15) is 5.75 Å². The summed E-state index contributed by atoms with van der Waals surface area (Å²) < 4.78 is 10.2. The minimum Gasteiger partial charge on any atom is -0.497 e. The molecule has 1 aromatic heterocycles. The summed E-state index contributed by atoms with van der Waals surface area (Å²) in [6.45, 7) is 4.50. The van der Waals surface area contributed by atoms with Crippen molar-refractivity contribution in [2.24, 2.45) is 4.99 Å². The fourth-order valence-electron chi connectivity index (χ4n) is 2.28. The summed E-state index contributed by atoms with van der Waals surface area (Å²) in [5.74, 6) is 1.67. The second-order valence-electron chi connectivity index (χ2n) is 5.52. The Hall–Kier alpha value is -2.23. The first-order valence-electron chi connectivity index (χ1n) is 8.69. The standard InChI is InChI=1S/C19H26N4O3.HI/c1-3-20-19(22-11-10-15-6-8-16(25-2)9-7-15)23-13-12-21-18(24)17-5-4-14-26-17;/h4-9,14H,3,10-13H2,1-2H3,(H,21,24)(H2,20,22,23);1H. The van der Waals surface area contributed by atoms with Crippen LogP contribution in [0.3, 0.4) is 0 Å². The zero-order valence-corrected chi connectivity index (χ0v) is 18.0. The highest BCUT2D eigenvalue weighted by molar-refractivity contribution is 14.0. The second-order valence-corrected chi connectivity index (χ2v) is 5.52. The van der Waals surface area contributed by atoms with Gasteiger partial charge in [0.2, 0.25) is 0 Å². The number of hydrogen-bond donors (Lipinski definition) is 3. The summed E-state index contributed by atoms with van der Waals surface area (Å²) in [5, 5.41) is 9.18. The summed E-state index contributed by atoms with van der Waals surface area (Å²) in [6, 6.07) is 11.3. The zero-order chi connectivity index (χ0) is 18.6. The molecule has 27 heavy (non-hydrogen) atoms. The molecule has 0 saturated heterocycles. The van der Waals surface area contributed by atoms with E-state index in [2.05, 4.69) is 20.9 Å². The highest BCUT2D eigenvalue weighted by Gasteiger charge is 2.06. The molecule has 1 aromatic carbocycles. The van der Waals surface area contributed by atoms with Gasteiger partial charge in [0.15, 0.2) is 11.7 Å². The van der Waals surface area contributed by atoms with E-state index in [1.165, 1.54) is 11.8 Å². The third kappa shape index (κ3) is 8.33. The fraction of sp³-hybridized carbons (Fsp3) is 0.368. The molecule has 2 rings (SSSR count). The summed E-state index contributed by atoms with van der Waals surface area (Å²) in [7, 11) is 1.66. The van der Waals surface area contributed by atoms with Crippen molar-refractivity contribution < 1.29 is 13.9 Å². The number of halogens is 1. The largest absolute Gasteiger partial charge is 0.497 e. The third-order valence-electron chi connectivity index (χ3n) is 3.62. The molecule has 7 nitrogen and oxygen atoms in total. The number of aliphatic imine (C=N–C) groups is 1. The van der Waals surface area contributed by atoms with Crippen molar-refractivity contribution in [3.8, 4) is 5.75 Å². The SMILES string of the molecule is CCNC(=NCCc1ccc(OC)cc1)NCCNC(=O)c1ccco1.I. The number of hydrogen-bond acceptors (Lipinski definition) is 4. The van der Waals surface area contributed by atoms with Crippen LogP contribution >= 0.6 is 24.0 Å². The smallest absolute Gasteiger partial charge is 0.287 e. The first-order chi connectivity index (χ1) is 12.7. The Morgan fingerprint density at radius 2 is 1.85 bits per heavy atom. The molecule has 0 bridgehead atoms. The number of rotatable bonds is 9. The van der Waals surface area contributed by atoms with Crippen LogP contribution in [0.15, 0.2) is 52.1 Å². The molecule has 3 N–H and O–H groups in total. The van der Waals surface area contributed by atoms with E-state index < -0.39 is 0 Å². The molecule has 1 amide bonds. The monoisotopic (exact) mass is 486 g/mol. The average Bonchev–Trinajstić information content (AvgIpc) is 3.20. The first-order valence-corrected chi connectivity index (χ1v) is 8.69. The molecule has 0 aliphatic heterocycles. The molecule has 0 saturated carbocycles. The molecule has 0 atom stereocenters. The Morgan fingerprint density at radius 1 is 1.11 bits per heavy atom. The Kier molecular flexibility index (Phi) is 11.0. The molecule has 2 aromatic rings. The van der Waals surface area contributed by atoms with E-state index in [-0.39, 0.29) is 29.9 Å². The number of guanidine groups is 1. The van der Waals surface area contributed by atoms with Crippen molar-refractivity contribution in [2.75, 3.05) is 33.3 Å². The molecular weight excluding hydrogens is 459 g/mol. The Labute approximate surface area is 177 Å². The summed E-state index contributed by atoms with van der Waals surface area (Å²) in [4.78, 5) is 16.3. The number of nitrogens with one attached hydrogen (secondary N) is 3. The topological polar surface area (TPSA) is 87.9 Å². The van der Waals surface area contributed by atoms with Crippen LogP contribution in [-0.4, -0.2) is 45.2 Å². The van der Waals surface area contributed by atoms with Crippen LogP contribution in [0.5, 0.6) is 5.75 Å². The number of benzene rings is 1. The molecule has 0 radical (unpaired) electrons. The maximum absolute atomic E-state index is 11.8. The Bertz CT molecular complexity index is 687. The van der Waals surface area contributed by atoms with Gasteiger partial charge in [0, 0.05) is 26.2 Å². The van der Waals surface area contributed by atoms with Gasteiger partial charge >= 0.3 is 0 Å². The van der Waals surface area contributed by atoms with E-state index in [0.717, 1.165) is 24.7 Å². The number of ether oxygens (including phenoxy) is 1. The quantitative estimate of drug-likeness (QED) is 0.219. The molecule has 1 heterocycles. The lowest BCUT2D eigenvalue weighted by molar-refractivity contribution is 0.0926. The van der Waals surface area contributed by atoms with Crippen LogP contribution in [-0.2, 0) is 6.42 Å². The van der Waals surface area contributed by atoms with Gasteiger partial charge in [-0.1, -0.05) is 12.1 Å². The minimum absolute atomic E-state index is 0. The average molecular weight is 486 g/mol. The van der Waals surface area contributed by atoms with E-state index in [1.54, 1.807) is 19.2 Å². The van der Waals surface area contributed by atoms with Gasteiger partial charge in [-0.25, -0.2) is 0 Å². The van der Waals surface area contributed by atoms with Gasteiger partial charge in [-0.2, -0.15) is 0 Å². The first kappa shape index (κ1) is 22.8. The van der Waals surface area contributed by atoms with Gasteiger partial charge in [0.25, 0.3) is 5.91 Å². The highest BCUT2D eigenvalue weighted by atomic mass is 127. The van der Waals surface area contributed by atoms with Crippen LogP contribution in [0, 0.1) is 0 Å². The lowest BCUT2D eigenvalue weighted by Crippen LogP contribution is -2.41. The van der Waals surface area contributed by atoms with Crippen molar-refractivity contribution in [3.05, 3.63) is 54.0 Å². The summed E-state index contributed by atoms with van der Waals surface area (Å²) in [5.41, 5.74) is 1.20. The number of nitrogens with zero attached hydrogens (tertiary/aromatic N) is 1. The number of carbonyl (C=O) groups is 1. The maximum atomic E-state index is 11.8. The van der Waals surface area contributed by atoms with Gasteiger partial charge in [-0.15, -0.1) is 24.0 Å². The lowest BCUT2D eigenvalue weighted by atomic mass is 10.1. The van der Waals surface area contributed by atoms with Gasteiger partial charge < -0.3 is 25.1 Å². The third-order valence-corrected chi connectivity index (χ3v) is 3.62. The van der Waals surface area contributed by atoms with Gasteiger partial charge in [-0.3, -0.25) is 9.79 Å². The van der Waals surface area contributed by atoms with E-state index >= 15 is 0 Å². The van der Waals surface area contributed by atoms with Crippen molar-refractivity contribution >= 4 is 35.8 Å². The van der Waals surface area contributed by atoms with Gasteiger partial charge in [-0.05, 0) is 43.2 Å². The molecule has 148 valence electrons. The summed E-state index contributed by atoms with van der Waals surface area (Å²) >= 11 is 0. The summed E-state index contributed by atoms with van der Waals surface area (Å²) in [6.07, 6.45) is 2.32. The predicted molar refractivity (Wildman–Crippen MR) is 117 cm³/mol. The highest BCUT2D eigenvalue weighted by Crippen LogP contribution is 2.11. The lowest BCUT2D eigenvalue weighted by Gasteiger charge is -2.11. The second kappa shape index (κ2) is 13.0. The Balaban J connectivity index is 0.00000364. The number of methoxy groups -OCH3 is 1. The molecule has 0 spiro atoms. The number of carbonyl (C=O) groups excluding carboxylic acids is 1. The van der Waals surface area contributed by atoms with Crippen molar-refractivity contribution in [2.45, 2.75) is 13.3 Å². The fourth-order valence-corrected chi connectivity index (χ4v) is 2.28. The van der Waals surface area contributed by atoms with Crippen LogP contribution in [0.2, 0.25) is 0 Å². The Morgan fingerprint density at radius 3 is 2.48 bits per heavy atom. The van der Waals surface area contributed by atoms with Crippen LogP contribution in [0.25, 0.3) is 0 Å².